The monoisotopic (exact) mass is 485 g/mol. The summed E-state index contributed by atoms with van der Waals surface area (Å²) in [6.45, 7) is 3.34. The van der Waals surface area contributed by atoms with Crippen molar-refractivity contribution in [2.45, 2.75) is 43.5 Å². The van der Waals surface area contributed by atoms with E-state index in [4.69, 9.17) is 9.47 Å². The number of hydrogen-bond acceptors (Lipinski definition) is 6. The Bertz CT molecular complexity index is 1240. The molecule has 0 saturated carbocycles. The number of benzene rings is 2. The molecular weight excluding hydrogens is 458 g/mol. The highest BCUT2D eigenvalue weighted by atomic mass is 32.2. The topological polar surface area (TPSA) is 105 Å². The Balaban J connectivity index is 1.39. The second-order valence-corrected chi connectivity index (χ2v) is 10.6. The molecule has 2 aromatic carbocycles. The van der Waals surface area contributed by atoms with Crippen LogP contribution in [0.2, 0.25) is 0 Å². The Labute approximate surface area is 198 Å². The Morgan fingerprint density at radius 3 is 2.44 bits per heavy atom. The summed E-state index contributed by atoms with van der Waals surface area (Å²) in [5, 5.41) is 2.86. The molecule has 0 bridgehead atoms. The van der Waals surface area contributed by atoms with Crippen LogP contribution >= 0.6 is 0 Å². The van der Waals surface area contributed by atoms with Crippen molar-refractivity contribution in [3.8, 4) is 11.5 Å². The van der Waals surface area contributed by atoms with E-state index in [2.05, 4.69) is 5.32 Å². The molecule has 0 radical (unpaired) electrons. The second-order valence-electron chi connectivity index (χ2n) is 8.71. The van der Waals surface area contributed by atoms with Gasteiger partial charge in [0.1, 0.15) is 19.3 Å². The fourth-order valence-electron chi connectivity index (χ4n) is 4.79. The van der Waals surface area contributed by atoms with Crippen LogP contribution in [0.4, 0.5) is 11.4 Å². The van der Waals surface area contributed by atoms with E-state index in [0.717, 1.165) is 19.3 Å². The summed E-state index contributed by atoms with van der Waals surface area (Å²) in [6.07, 6.45) is 2.97. The molecule has 10 heteroatoms. The molecule has 0 spiro atoms. The summed E-state index contributed by atoms with van der Waals surface area (Å²) in [6, 6.07) is 9.12. The van der Waals surface area contributed by atoms with Gasteiger partial charge in [0.05, 0.1) is 4.90 Å². The van der Waals surface area contributed by atoms with Crippen molar-refractivity contribution < 1.29 is 27.5 Å². The molecule has 3 aliphatic rings. The number of nitrogens with zero attached hydrogens (tertiary/aromatic N) is 2. The number of nitrogens with one attached hydrogen (secondary N) is 1. The zero-order valence-electron chi connectivity index (χ0n) is 19.0. The van der Waals surface area contributed by atoms with Crippen LogP contribution in [-0.4, -0.2) is 56.9 Å². The number of anilines is 2. The van der Waals surface area contributed by atoms with Crippen LogP contribution in [0.1, 0.15) is 31.7 Å². The maximum Gasteiger partial charge on any atom is 0.247 e. The molecule has 2 aromatic rings. The summed E-state index contributed by atoms with van der Waals surface area (Å²) < 4.78 is 38.8. The first kappa shape index (κ1) is 22.7. The van der Waals surface area contributed by atoms with Gasteiger partial charge >= 0.3 is 0 Å². The van der Waals surface area contributed by atoms with Crippen LogP contribution in [0, 0.1) is 0 Å². The molecule has 1 unspecified atom stereocenters. The number of hydrogen-bond donors (Lipinski definition) is 1. The van der Waals surface area contributed by atoms with E-state index in [9.17, 15) is 18.0 Å². The first-order valence-corrected chi connectivity index (χ1v) is 12.9. The molecule has 1 N–H and O–H groups in total. The number of carbonyl (C=O) groups excluding carboxylic acids is 2. The van der Waals surface area contributed by atoms with Crippen molar-refractivity contribution in [1.29, 1.82) is 0 Å². The highest BCUT2D eigenvalue weighted by molar-refractivity contribution is 7.89. The van der Waals surface area contributed by atoms with Crippen molar-refractivity contribution in [3.63, 3.8) is 0 Å². The molecule has 1 fully saturated rings. The Morgan fingerprint density at radius 1 is 0.971 bits per heavy atom. The first-order valence-electron chi connectivity index (χ1n) is 11.5. The zero-order chi connectivity index (χ0) is 23.9. The summed E-state index contributed by atoms with van der Waals surface area (Å²) in [5.74, 6) is 0.524. The van der Waals surface area contributed by atoms with Gasteiger partial charge in [-0.15, -0.1) is 0 Å². The summed E-state index contributed by atoms with van der Waals surface area (Å²) in [5.41, 5.74) is 1.75. The van der Waals surface area contributed by atoms with E-state index < -0.39 is 16.1 Å². The zero-order valence-corrected chi connectivity index (χ0v) is 19.8. The maximum absolute atomic E-state index is 13.2. The molecule has 0 aromatic heterocycles. The summed E-state index contributed by atoms with van der Waals surface area (Å²) in [4.78, 5) is 27.3. The number of amides is 2. The van der Waals surface area contributed by atoms with Crippen molar-refractivity contribution in [1.82, 2.24) is 4.31 Å². The number of ether oxygens (including phenoxy) is 2. The quantitative estimate of drug-likeness (QED) is 0.714. The van der Waals surface area contributed by atoms with Gasteiger partial charge in [-0.3, -0.25) is 14.5 Å². The minimum Gasteiger partial charge on any atom is -0.486 e. The van der Waals surface area contributed by atoms with E-state index >= 15 is 0 Å². The van der Waals surface area contributed by atoms with Gasteiger partial charge in [0.2, 0.25) is 21.8 Å². The first-order chi connectivity index (χ1) is 16.3. The smallest absolute Gasteiger partial charge is 0.247 e. The lowest BCUT2D eigenvalue weighted by Gasteiger charge is -2.26. The molecule has 3 heterocycles. The van der Waals surface area contributed by atoms with Gasteiger partial charge in [0.25, 0.3) is 0 Å². The van der Waals surface area contributed by atoms with Crippen molar-refractivity contribution in [3.05, 3.63) is 42.0 Å². The van der Waals surface area contributed by atoms with Crippen molar-refractivity contribution in [2.75, 3.05) is 36.5 Å². The number of sulfonamides is 1. The molecule has 5 rings (SSSR count). The Hall–Kier alpha value is -3.11. The highest BCUT2D eigenvalue weighted by Crippen LogP contribution is 2.36. The van der Waals surface area contributed by atoms with Gasteiger partial charge in [-0.1, -0.05) is 6.42 Å². The van der Waals surface area contributed by atoms with Crippen LogP contribution in [-0.2, 0) is 26.0 Å². The third-order valence-electron chi connectivity index (χ3n) is 6.44. The maximum atomic E-state index is 13.2. The normalized spacial score (nSPS) is 20.0. The van der Waals surface area contributed by atoms with Gasteiger partial charge in [0.15, 0.2) is 11.5 Å². The van der Waals surface area contributed by atoms with Gasteiger partial charge in [-0.05, 0) is 48.7 Å². The largest absolute Gasteiger partial charge is 0.486 e. The van der Waals surface area contributed by atoms with E-state index in [1.165, 1.54) is 22.2 Å². The van der Waals surface area contributed by atoms with Gasteiger partial charge in [-0.25, -0.2) is 8.42 Å². The molecule has 2 amide bonds. The van der Waals surface area contributed by atoms with Crippen LogP contribution < -0.4 is 19.7 Å². The predicted octanol–water partition coefficient (Wildman–Crippen LogP) is 2.55. The van der Waals surface area contributed by atoms with Crippen LogP contribution in [0.25, 0.3) is 0 Å². The van der Waals surface area contributed by atoms with E-state index in [1.54, 1.807) is 30.3 Å². The number of fused-ring (bicyclic) bond motifs is 2. The number of carbonyl (C=O) groups is 2. The summed E-state index contributed by atoms with van der Waals surface area (Å²) in [7, 11) is -3.61. The fourth-order valence-corrected chi connectivity index (χ4v) is 6.36. The average molecular weight is 486 g/mol. The average Bonchev–Trinajstić information content (AvgIpc) is 3.24. The molecular formula is C24H27N3O6S. The molecule has 180 valence electrons. The third kappa shape index (κ3) is 4.12. The van der Waals surface area contributed by atoms with Crippen LogP contribution in [0.15, 0.2) is 41.3 Å². The SMILES string of the molecule is CC(=O)N1c2ccc(S(=O)(=O)N3CCCCC3)cc2CC1C(=O)Nc1ccc2c(c1)OCCO2. The Kier molecular flexibility index (Phi) is 5.95. The van der Waals surface area contributed by atoms with E-state index in [-0.39, 0.29) is 23.1 Å². The van der Waals surface area contributed by atoms with Gasteiger partial charge in [0, 0.05) is 43.9 Å². The second kappa shape index (κ2) is 8.92. The minimum atomic E-state index is -3.61. The van der Waals surface area contributed by atoms with Crippen molar-refractivity contribution in [2.24, 2.45) is 0 Å². The molecule has 0 aliphatic carbocycles. The van der Waals surface area contributed by atoms with Gasteiger partial charge in [-0.2, -0.15) is 4.31 Å². The Morgan fingerprint density at radius 2 is 1.71 bits per heavy atom. The minimum absolute atomic E-state index is 0.199. The molecule has 3 aliphatic heterocycles. The lowest BCUT2D eigenvalue weighted by molar-refractivity contribution is -0.122. The fraction of sp³-hybridized carbons (Fsp3) is 0.417. The summed E-state index contributed by atoms with van der Waals surface area (Å²) >= 11 is 0. The number of piperidine rings is 1. The highest BCUT2D eigenvalue weighted by Gasteiger charge is 2.38. The van der Waals surface area contributed by atoms with Crippen molar-refractivity contribution >= 4 is 33.2 Å². The molecule has 34 heavy (non-hydrogen) atoms. The standard InChI is InChI=1S/C24H27N3O6S/c1-16(28)27-20-7-6-19(34(30,31)26-9-3-2-4-10-26)13-17(20)14-21(27)24(29)25-18-5-8-22-23(15-18)33-12-11-32-22/h5-8,13,15,21H,2-4,9-12,14H2,1H3,(H,25,29). The lowest BCUT2D eigenvalue weighted by atomic mass is 10.1. The lowest BCUT2D eigenvalue weighted by Crippen LogP contribution is -2.44. The predicted molar refractivity (Wildman–Crippen MR) is 126 cm³/mol. The third-order valence-corrected chi connectivity index (χ3v) is 8.33. The molecule has 1 saturated heterocycles. The van der Waals surface area contributed by atoms with E-state index in [1.807, 2.05) is 0 Å². The van der Waals surface area contributed by atoms with Crippen LogP contribution in [0.5, 0.6) is 11.5 Å². The molecule has 9 nitrogen and oxygen atoms in total. The van der Waals surface area contributed by atoms with E-state index in [0.29, 0.717) is 54.7 Å². The molecule has 1 atom stereocenters. The number of rotatable bonds is 4. The van der Waals surface area contributed by atoms with Gasteiger partial charge < -0.3 is 14.8 Å². The van der Waals surface area contributed by atoms with Crippen LogP contribution in [0.3, 0.4) is 0 Å².